The molecular formula is C61H42N2. The van der Waals surface area contributed by atoms with Crippen molar-refractivity contribution in [3.8, 4) is 44.5 Å². The van der Waals surface area contributed by atoms with Crippen molar-refractivity contribution >= 4 is 34.1 Å². The highest BCUT2D eigenvalue weighted by atomic mass is 15.2. The Bertz CT molecular complexity index is 3510. The normalized spacial score (nSPS) is 15.2. The first-order chi connectivity index (χ1) is 33.4. The molecule has 0 fully saturated rings. The Balaban J connectivity index is 1.15. The van der Waals surface area contributed by atoms with E-state index in [9.17, 15) is 2.74 Å². The van der Waals surface area contributed by atoms with Crippen molar-refractivity contribution in [3.63, 3.8) is 0 Å². The van der Waals surface area contributed by atoms with E-state index in [-0.39, 0.29) is 29.7 Å². The predicted octanol–water partition coefficient (Wildman–Crippen LogP) is 16.3. The second kappa shape index (κ2) is 15.1. The fourth-order valence-electron chi connectivity index (χ4n) is 10.2. The van der Waals surface area contributed by atoms with E-state index in [2.05, 4.69) is 180 Å². The van der Waals surface area contributed by atoms with Crippen molar-refractivity contribution in [2.45, 2.75) is 5.41 Å². The molecule has 0 bridgehead atoms. The summed E-state index contributed by atoms with van der Waals surface area (Å²) in [6, 6.07) is 76.9. The van der Waals surface area contributed by atoms with Crippen LogP contribution in [0.3, 0.4) is 0 Å². The summed E-state index contributed by atoms with van der Waals surface area (Å²) in [5.41, 5.74) is 16.9. The molecule has 10 aromatic rings. The van der Waals surface area contributed by atoms with Crippen LogP contribution in [0.1, 0.15) is 29.1 Å². The molecule has 0 aromatic heterocycles. The Morgan fingerprint density at radius 1 is 0.286 bits per heavy atom. The van der Waals surface area contributed by atoms with Gasteiger partial charge in [0.15, 0.2) is 0 Å². The Kier molecular flexibility index (Phi) is 7.56. The molecule has 2 aliphatic rings. The van der Waals surface area contributed by atoms with Gasteiger partial charge in [-0.1, -0.05) is 194 Å². The van der Waals surface area contributed by atoms with Gasteiger partial charge in [-0.05, 0) is 116 Å². The molecule has 1 spiro atoms. The zero-order valence-corrected chi connectivity index (χ0v) is 34.3. The van der Waals surface area contributed by atoms with E-state index in [0.29, 0.717) is 11.3 Å². The lowest BCUT2D eigenvalue weighted by molar-refractivity contribution is 0.793. The van der Waals surface area contributed by atoms with Crippen molar-refractivity contribution < 1.29 is 6.85 Å². The third-order valence-corrected chi connectivity index (χ3v) is 12.7. The van der Waals surface area contributed by atoms with E-state index >= 15 is 0 Å². The van der Waals surface area contributed by atoms with Gasteiger partial charge in [-0.15, -0.1) is 0 Å². The maximum Gasteiger partial charge on any atom is 0.0727 e. The summed E-state index contributed by atoms with van der Waals surface area (Å²) in [6.07, 6.45) is 0. The Hall–Kier alpha value is -8.20. The molecule has 0 heterocycles. The van der Waals surface area contributed by atoms with E-state index in [4.69, 9.17) is 4.11 Å². The fraction of sp³-hybridized carbons (Fsp3) is 0.0164. The maximum absolute atomic E-state index is 9.18. The zero-order chi connectivity index (χ0) is 46.1. The zero-order valence-electron chi connectivity index (χ0n) is 39.3. The summed E-state index contributed by atoms with van der Waals surface area (Å²) in [7, 11) is 0. The smallest absolute Gasteiger partial charge is 0.0727 e. The molecule has 63 heavy (non-hydrogen) atoms. The van der Waals surface area contributed by atoms with Crippen LogP contribution in [0.2, 0.25) is 0 Å². The molecule has 0 saturated carbocycles. The van der Waals surface area contributed by atoms with Crippen LogP contribution in [0.5, 0.6) is 0 Å². The van der Waals surface area contributed by atoms with Gasteiger partial charge in [0.1, 0.15) is 0 Å². The minimum Gasteiger partial charge on any atom is -0.310 e. The van der Waals surface area contributed by atoms with Crippen molar-refractivity contribution in [3.05, 3.63) is 277 Å². The number of nitrogens with zero attached hydrogens (tertiary/aromatic N) is 2. The Morgan fingerprint density at radius 3 is 1.21 bits per heavy atom. The van der Waals surface area contributed by atoms with Crippen LogP contribution in [0.25, 0.3) is 44.5 Å². The van der Waals surface area contributed by atoms with E-state index in [0.717, 1.165) is 50.7 Å². The number of hydrogen-bond acceptors (Lipinski definition) is 2. The second-order valence-electron chi connectivity index (χ2n) is 16.0. The van der Waals surface area contributed by atoms with Crippen LogP contribution in [-0.4, -0.2) is 0 Å². The fourth-order valence-corrected chi connectivity index (χ4v) is 10.2. The van der Waals surface area contributed by atoms with Crippen LogP contribution in [0.15, 0.2) is 255 Å². The summed E-state index contributed by atoms with van der Waals surface area (Å²) >= 11 is 0. The summed E-state index contributed by atoms with van der Waals surface area (Å²) in [6.45, 7) is 0. The highest BCUT2D eigenvalue weighted by Gasteiger charge is 2.52. The quantitative estimate of drug-likeness (QED) is 0.151. The lowest BCUT2D eigenvalue weighted by atomic mass is 9.70. The van der Waals surface area contributed by atoms with Gasteiger partial charge in [-0.25, -0.2) is 0 Å². The van der Waals surface area contributed by atoms with E-state index < -0.39 is 11.5 Å². The van der Waals surface area contributed by atoms with Gasteiger partial charge in [-0.2, -0.15) is 0 Å². The molecule has 296 valence electrons. The van der Waals surface area contributed by atoms with E-state index in [1.807, 2.05) is 54.6 Å². The third kappa shape index (κ3) is 5.80. The van der Waals surface area contributed by atoms with Crippen LogP contribution in [0.4, 0.5) is 34.1 Å². The monoisotopic (exact) mass is 807 g/mol. The first kappa shape index (κ1) is 31.6. The lowest BCUT2D eigenvalue weighted by Crippen LogP contribution is -2.26. The lowest BCUT2D eigenvalue weighted by Gasteiger charge is -2.34. The molecule has 0 aliphatic heterocycles. The van der Waals surface area contributed by atoms with Crippen molar-refractivity contribution in [2.75, 3.05) is 9.80 Å². The molecule has 2 nitrogen and oxygen atoms in total. The molecule has 12 rings (SSSR count). The van der Waals surface area contributed by atoms with Gasteiger partial charge < -0.3 is 9.80 Å². The average molecular weight is 808 g/mol. The molecule has 1 atom stereocenters. The van der Waals surface area contributed by atoms with Crippen LogP contribution < -0.4 is 9.80 Å². The van der Waals surface area contributed by atoms with Gasteiger partial charge in [0, 0.05) is 33.9 Å². The van der Waals surface area contributed by atoms with Crippen LogP contribution in [-0.2, 0) is 5.41 Å². The first-order valence-corrected chi connectivity index (χ1v) is 21.4. The molecule has 0 saturated heterocycles. The van der Waals surface area contributed by atoms with Gasteiger partial charge in [0.25, 0.3) is 0 Å². The van der Waals surface area contributed by atoms with E-state index in [1.54, 1.807) is 0 Å². The maximum atomic E-state index is 9.18. The number of para-hydroxylation sites is 4. The van der Waals surface area contributed by atoms with Gasteiger partial charge in [0.2, 0.25) is 0 Å². The molecule has 1 unspecified atom stereocenters. The van der Waals surface area contributed by atoms with Crippen molar-refractivity contribution in [2.24, 2.45) is 0 Å². The van der Waals surface area contributed by atoms with Crippen LogP contribution in [0, 0.1) is 0 Å². The number of anilines is 6. The molecule has 0 amide bonds. The Labute approximate surface area is 376 Å². The first-order valence-electron chi connectivity index (χ1n) is 23.9. The van der Waals surface area contributed by atoms with Gasteiger partial charge in [-0.3, -0.25) is 0 Å². The number of benzene rings is 10. The summed E-state index contributed by atoms with van der Waals surface area (Å²) < 4.78 is 44.2. The summed E-state index contributed by atoms with van der Waals surface area (Å²) in [4.78, 5) is 4.54. The minimum atomic E-state index is -0.722. The van der Waals surface area contributed by atoms with Crippen LogP contribution >= 0.6 is 0 Å². The number of fused-ring (bicyclic) bond motifs is 10. The molecule has 2 heteroatoms. The standard InChI is InChI=1S/C61H42N2/c1-5-21-43(22-6-1)49-29-15-19-35-59(49)63(60-36-20-16-30-50(60)44-23-7-2-8-24-44)48-38-40-54-52-32-14-18-34-56(52)61(58(54)42-48)55-33-17-13-31-51(55)53-39-37-47(41-57(53)61)62(45-25-9-3-10-26-45)46-27-11-4-12-28-46/h1-42H/i1D,5D,6D,21D,22D. The molecule has 2 aliphatic carbocycles. The SMILES string of the molecule is [2H]c1c([2H])c([2H])c(-c2ccccc2N(c2ccc3c(c2)C2(c4ccccc4-c4ccc(N(c5ccccc5)c5ccccc5)cc42)c2ccccc2-3)c2ccccc2-c2ccccc2)c([2H])c1[2H]. The van der Waals surface area contributed by atoms with E-state index in [1.165, 1.54) is 33.4 Å². The van der Waals surface area contributed by atoms with Gasteiger partial charge >= 0.3 is 0 Å². The number of rotatable bonds is 8. The molecule has 0 N–H and O–H groups in total. The largest absolute Gasteiger partial charge is 0.310 e. The molecule has 10 aromatic carbocycles. The van der Waals surface area contributed by atoms with Crippen molar-refractivity contribution in [1.82, 2.24) is 0 Å². The molecule has 0 radical (unpaired) electrons. The third-order valence-electron chi connectivity index (χ3n) is 12.7. The molecular weight excluding hydrogens is 761 g/mol. The summed E-state index contributed by atoms with van der Waals surface area (Å²) in [5, 5.41) is 0. The van der Waals surface area contributed by atoms with Crippen molar-refractivity contribution in [1.29, 1.82) is 0 Å². The highest BCUT2D eigenvalue weighted by Crippen LogP contribution is 2.64. The minimum absolute atomic E-state index is 0.145. The van der Waals surface area contributed by atoms with Gasteiger partial charge in [0.05, 0.1) is 23.6 Å². The predicted molar refractivity (Wildman–Crippen MR) is 263 cm³/mol. The highest BCUT2D eigenvalue weighted by molar-refractivity contribution is 5.99. The second-order valence-corrected chi connectivity index (χ2v) is 16.0. The summed E-state index contributed by atoms with van der Waals surface area (Å²) in [5.74, 6) is 0. The number of hydrogen-bond donors (Lipinski definition) is 0. The topological polar surface area (TPSA) is 6.48 Å². The Morgan fingerprint density at radius 2 is 0.683 bits per heavy atom. The average Bonchev–Trinajstić information content (AvgIpc) is 3.86.